The minimum Gasteiger partial charge on any atom is -0.471 e. The first-order valence-electron chi connectivity index (χ1n) is 10.0. The van der Waals surface area contributed by atoms with Gasteiger partial charge in [0.05, 0.1) is 23.6 Å². The second-order valence-electron chi connectivity index (χ2n) is 7.34. The standard InChI is InChI=1S/C23H20Cl2FN5O2/c1-14-22(15(2)30(29-14)12-16-3-6-18(26)11-20(16)25)28-23(32)21-9-10-27-31(21)13-33-19-7-4-17(24)5-8-19/h3-11H,12-13H2,1-2H3,(H,28,32). The molecule has 0 saturated carbocycles. The van der Waals surface area contributed by atoms with Crippen LogP contribution in [0, 0.1) is 19.7 Å². The number of nitrogens with one attached hydrogen (secondary N) is 1. The molecule has 0 bridgehead atoms. The molecule has 4 aromatic rings. The van der Waals surface area contributed by atoms with Crippen LogP contribution >= 0.6 is 23.2 Å². The van der Waals surface area contributed by atoms with Gasteiger partial charge in [-0.2, -0.15) is 10.2 Å². The number of carbonyl (C=O) groups excluding carboxylic acids is 1. The number of hydrogen-bond donors (Lipinski definition) is 1. The van der Waals surface area contributed by atoms with Crippen LogP contribution in [0.3, 0.4) is 0 Å². The SMILES string of the molecule is Cc1nn(Cc2ccc(F)cc2Cl)c(C)c1NC(=O)c1ccnn1COc1ccc(Cl)cc1. The second-order valence-corrected chi connectivity index (χ2v) is 8.18. The van der Waals surface area contributed by atoms with Gasteiger partial charge in [0, 0.05) is 16.2 Å². The van der Waals surface area contributed by atoms with E-state index in [4.69, 9.17) is 27.9 Å². The molecule has 170 valence electrons. The summed E-state index contributed by atoms with van der Waals surface area (Å²) in [5.41, 5.74) is 3.02. The predicted molar refractivity (Wildman–Crippen MR) is 124 cm³/mol. The molecule has 4 rings (SSSR count). The Morgan fingerprint density at radius 2 is 1.85 bits per heavy atom. The van der Waals surface area contributed by atoms with E-state index in [2.05, 4.69) is 15.5 Å². The molecule has 2 heterocycles. The molecule has 2 aromatic heterocycles. The Bertz CT molecular complexity index is 1300. The minimum absolute atomic E-state index is 0.0533. The van der Waals surface area contributed by atoms with Crippen molar-refractivity contribution in [2.75, 3.05) is 5.32 Å². The topological polar surface area (TPSA) is 74.0 Å². The summed E-state index contributed by atoms with van der Waals surface area (Å²) in [7, 11) is 0. The maximum atomic E-state index is 13.3. The minimum atomic E-state index is -0.401. The molecular formula is C23H20Cl2FN5O2. The summed E-state index contributed by atoms with van der Waals surface area (Å²) in [5.74, 6) is -0.145. The summed E-state index contributed by atoms with van der Waals surface area (Å²) in [6, 6.07) is 12.7. The molecule has 0 spiro atoms. The summed E-state index contributed by atoms with van der Waals surface area (Å²) in [5, 5.41) is 12.5. The monoisotopic (exact) mass is 487 g/mol. The fraction of sp³-hybridized carbons (Fsp3) is 0.174. The van der Waals surface area contributed by atoms with Gasteiger partial charge in [-0.3, -0.25) is 9.48 Å². The van der Waals surface area contributed by atoms with Crippen molar-refractivity contribution in [1.29, 1.82) is 0 Å². The third kappa shape index (κ3) is 5.18. The van der Waals surface area contributed by atoms with E-state index in [1.165, 1.54) is 23.0 Å². The highest BCUT2D eigenvalue weighted by Crippen LogP contribution is 2.24. The van der Waals surface area contributed by atoms with Crippen molar-refractivity contribution < 1.29 is 13.9 Å². The molecule has 7 nitrogen and oxygen atoms in total. The summed E-state index contributed by atoms with van der Waals surface area (Å²) in [4.78, 5) is 13.0. The lowest BCUT2D eigenvalue weighted by atomic mass is 10.2. The number of carbonyl (C=O) groups is 1. The van der Waals surface area contributed by atoms with Gasteiger partial charge in [0.25, 0.3) is 5.91 Å². The quantitative estimate of drug-likeness (QED) is 0.374. The van der Waals surface area contributed by atoms with Gasteiger partial charge in [0.15, 0.2) is 6.73 Å². The van der Waals surface area contributed by atoms with Crippen LogP contribution in [0.2, 0.25) is 10.0 Å². The molecule has 0 saturated heterocycles. The van der Waals surface area contributed by atoms with E-state index in [1.807, 2.05) is 6.92 Å². The number of nitrogens with zero attached hydrogens (tertiary/aromatic N) is 4. The molecule has 0 fully saturated rings. The lowest BCUT2D eigenvalue weighted by Gasteiger charge is -2.11. The Morgan fingerprint density at radius 1 is 1.09 bits per heavy atom. The van der Waals surface area contributed by atoms with E-state index < -0.39 is 5.82 Å². The molecule has 0 aliphatic carbocycles. The number of ether oxygens (including phenoxy) is 1. The van der Waals surface area contributed by atoms with Gasteiger partial charge in [-0.05, 0) is 61.9 Å². The van der Waals surface area contributed by atoms with Gasteiger partial charge < -0.3 is 10.1 Å². The van der Waals surface area contributed by atoms with Crippen LogP contribution in [0.1, 0.15) is 27.4 Å². The number of anilines is 1. The molecule has 0 atom stereocenters. The van der Waals surface area contributed by atoms with Crippen LogP contribution in [0.25, 0.3) is 0 Å². The highest BCUT2D eigenvalue weighted by molar-refractivity contribution is 6.31. The number of hydrogen-bond acceptors (Lipinski definition) is 4. The zero-order valence-corrected chi connectivity index (χ0v) is 19.4. The van der Waals surface area contributed by atoms with Crippen LogP contribution in [0.15, 0.2) is 54.7 Å². The Hall–Kier alpha value is -3.36. The average molecular weight is 488 g/mol. The largest absolute Gasteiger partial charge is 0.471 e. The van der Waals surface area contributed by atoms with E-state index in [-0.39, 0.29) is 12.6 Å². The van der Waals surface area contributed by atoms with Crippen molar-refractivity contribution in [3.05, 3.63) is 93.2 Å². The average Bonchev–Trinajstić information content (AvgIpc) is 3.35. The number of aromatic nitrogens is 4. The van der Waals surface area contributed by atoms with Gasteiger partial charge in [0.2, 0.25) is 0 Å². The molecule has 0 aliphatic heterocycles. The highest BCUT2D eigenvalue weighted by atomic mass is 35.5. The first-order chi connectivity index (χ1) is 15.8. The zero-order valence-electron chi connectivity index (χ0n) is 17.8. The number of aryl methyl sites for hydroxylation is 1. The van der Waals surface area contributed by atoms with Crippen LogP contribution in [-0.4, -0.2) is 25.5 Å². The highest BCUT2D eigenvalue weighted by Gasteiger charge is 2.19. The van der Waals surface area contributed by atoms with Crippen molar-refractivity contribution in [2.24, 2.45) is 0 Å². The first kappa shape index (κ1) is 22.8. The van der Waals surface area contributed by atoms with E-state index in [1.54, 1.807) is 48.0 Å². The van der Waals surface area contributed by atoms with Crippen LogP contribution < -0.4 is 10.1 Å². The number of benzene rings is 2. The van der Waals surface area contributed by atoms with Crippen molar-refractivity contribution in [1.82, 2.24) is 19.6 Å². The van der Waals surface area contributed by atoms with Crippen molar-refractivity contribution in [3.8, 4) is 5.75 Å². The maximum Gasteiger partial charge on any atom is 0.274 e. The van der Waals surface area contributed by atoms with Crippen LogP contribution in [0.4, 0.5) is 10.1 Å². The molecule has 0 aliphatic rings. The third-order valence-corrected chi connectivity index (χ3v) is 5.68. The molecule has 0 radical (unpaired) electrons. The molecular weight excluding hydrogens is 468 g/mol. The zero-order chi connectivity index (χ0) is 23.5. The lowest BCUT2D eigenvalue weighted by molar-refractivity contribution is 0.100. The third-order valence-electron chi connectivity index (χ3n) is 5.07. The number of halogens is 3. The normalized spacial score (nSPS) is 10.9. The van der Waals surface area contributed by atoms with Gasteiger partial charge in [-0.15, -0.1) is 0 Å². The predicted octanol–water partition coefficient (Wildman–Crippen LogP) is 5.48. The Labute approximate surface area is 199 Å². The molecule has 2 aromatic carbocycles. The fourth-order valence-electron chi connectivity index (χ4n) is 3.32. The van der Waals surface area contributed by atoms with Gasteiger partial charge >= 0.3 is 0 Å². The summed E-state index contributed by atoms with van der Waals surface area (Å²) in [6.45, 7) is 4.03. The Kier molecular flexibility index (Phi) is 6.67. The molecule has 33 heavy (non-hydrogen) atoms. The molecule has 1 N–H and O–H groups in total. The molecule has 10 heteroatoms. The van der Waals surface area contributed by atoms with E-state index in [0.29, 0.717) is 39.4 Å². The van der Waals surface area contributed by atoms with E-state index >= 15 is 0 Å². The number of amides is 1. The maximum absolute atomic E-state index is 13.3. The van der Waals surface area contributed by atoms with E-state index in [9.17, 15) is 9.18 Å². The first-order valence-corrected chi connectivity index (χ1v) is 10.8. The second kappa shape index (κ2) is 9.64. The van der Waals surface area contributed by atoms with Gasteiger partial charge in [0.1, 0.15) is 17.3 Å². The van der Waals surface area contributed by atoms with Crippen molar-refractivity contribution in [3.63, 3.8) is 0 Å². The van der Waals surface area contributed by atoms with E-state index in [0.717, 1.165) is 11.3 Å². The number of rotatable bonds is 7. The lowest BCUT2D eigenvalue weighted by Crippen LogP contribution is -2.20. The fourth-order valence-corrected chi connectivity index (χ4v) is 3.67. The Morgan fingerprint density at radius 3 is 2.58 bits per heavy atom. The van der Waals surface area contributed by atoms with Crippen LogP contribution in [0.5, 0.6) is 5.75 Å². The van der Waals surface area contributed by atoms with Gasteiger partial charge in [-0.1, -0.05) is 29.3 Å². The smallest absolute Gasteiger partial charge is 0.274 e. The van der Waals surface area contributed by atoms with Gasteiger partial charge in [-0.25, -0.2) is 9.07 Å². The van der Waals surface area contributed by atoms with Crippen molar-refractivity contribution in [2.45, 2.75) is 27.1 Å². The Balaban J connectivity index is 1.48. The summed E-state index contributed by atoms with van der Waals surface area (Å²) < 4.78 is 22.2. The van der Waals surface area contributed by atoms with Crippen molar-refractivity contribution >= 4 is 34.8 Å². The van der Waals surface area contributed by atoms with Crippen LogP contribution in [-0.2, 0) is 13.3 Å². The molecule has 1 amide bonds. The molecule has 0 unspecified atom stereocenters. The summed E-state index contributed by atoms with van der Waals surface area (Å²) >= 11 is 12.0. The summed E-state index contributed by atoms with van der Waals surface area (Å²) in [6.07, 6.45) is 1.53.